The molecule has 0 saturated heterocycles. The summed E-state index contributed by atoms with van der Waals surface area (Å²) in [5.41, 5.74) is 16.0. The zero-order chi connectivity index (χ0) is 37.0. The van der Waals surface area contributed by atoms with E-state index in [-0.39, 0.29) is 46.5 Å². The maximum absolute atomic E-state index is 2.75. The third-order valence-corrected chi connectivity index (χ3v) is 25.2. The van der Waals surface area contributed by atoms with Crippen molar-refractivity contribution in [3.05, 3.63) is 150 Å². The average Bonchev–Trinajstić information content (AvgIpc) is 3.73. The second-order valence-electron chi connectivity index (χ2n) is 20.2. The maximum atomic E-state index is 2.75. The fourth-order valence-corrected chi connectivity index (χ4v) is 22.6. The predicted molar refractivity (Wildman–Crippen MR) is 225 cm³/mol. The van der Waals surface area contributed by atoms with Crippen LogP contribution in [-0.2, 0) is 49.3 Å². The Bertz CT molecular complexity index is 2150. The van der Waals surface area contributed by atoms with E-state index in [1.165, 1.54) is 41.5 Å². The number of rotatable bonds is 5. The van der Waals surface area contributed by atoms with E-state index in [9.17, 15) is 0 Å². The van der Waals surface area contributed by atoms with E-state index in [4.69, 9.17) is 0 Å². The van der Waals surface area contributed by atoms with Gasteiger partial charge in [0.2, 0.25) is 0 Å². The van der Waals surface area contributed by atoms with Crippen LogP contribution in [0.15, 0.2) is 106 Å². The van der Waals surface area contributed by atoms with Crippen molar-refractivity contribution in [3.8, 4) is 11.1 Å². The first kappa shape index (κ1) is 41.5. The molecule has 4 aromatic rings. The normalized spacial score (nSPS) is 20.7. The van der Waals surface area contributed by atoms with Gasteiger partial charge in [-0.05, 0) is 0 Å². The second-order valence-corrected chi connectivity index (χ2v) is 31.9. The summed E-state index contributed by atoms with van der Waals surface area (Å²) in [5.74, 6) is 0. The van der Waals surface area contributed by atoms with Gasteiger partial charge in [-0.15, -0.1) is 0 Å². The van der Waals surface area contributed by atoms with Crippen molar-refractivity contribution < 1.29 is 46.1 Å². The second kappa shape index (κ2) is 14.4. The first-order chi connectivity index (χ1) is 24.4. The fraction of sp³-hybridized carbons (Fsp3) is 0.420. The number of fused-ring (bicyclic) bond motifs is 5. The van der Waals surface area contributed by atoms with Gasteiger partial charge in [0, 0.05) is 0 Å². The number of benzene rings is 4. The monoisotopic (exact) mass is 848 g/mol. The van der Waals surface area contributed by atoms with Crippen molar-refractivity contribution in [2.75, 3.05) is 0 Å². The minimum absolute atomic E-state index is 0. The molecule has 4 aliphatic rings. The van der Waals surface area contributed by atoms with Gasteiger partial charge >= 0.3 is 326 Å². The molecule has 0 amide bonds. The Balaban J connectivity index is 0.00000249. The smallest absolute Gasteiger partial charge is 1.00 e. The molecule has 282 valence electrons. The van der Waals surface area contributed by atoms with Crippen LogP contribution in [0.3, 0.4) is 0 Å². The molecule has 0 saturated carbocycles. The van der Waals surface area contributed by atoms with E-state index in [2.05, 4.69) is 172 Å². The van der Waals surface area contributed by atoms with E-state index in [1.807, 2.05) is 3.28 Å². The Morgan fingerprint density at radius 3 is 1.56 bits per heavy atom. The summed E-state index contributed by atoms with van der Waals surface area (Å²) in [5, 5.41) is 1.67. The van der Waals surface area contributed by atoms with Crippen LogP contribution in [0.4, 0.5) is 0 Å². The van der Waals surface area contributed by atoms with Crippen molar-refractivity contribution in [2.45, 2.75) is 132 Å². The van der Waals surface area contributed by atoms with Gasteiger partial charge in [-0.25, -0.2) is 0 Å². The molecule has 0 N–H and O–H groups in total. The minimum atomic E-state index is -2.66. The molecule has 0 heterocycles. The number of hydrogen-bond donors (Lipinski definition) is 0. The van der Waals surface area contributed by atoms with Crippen LogP contribution in [0.2, 0.25) is 23.3 Å². The number of hydrogen-bond acceptors (Lipinski definition) is 0. The average molecular weight is 851 g/mol. The summed E-state index contributed by atoms with van der Waals surface area (Å²) < 4.78 is 4.13. The molecule has 8 rings (SSSR count). The van der Waals surface area contributed by atoms with E-state index in [0.717, 1.165) is 12.8 Å². The van der Waals surface area contributed by atoms with Crippen molar-refractivity contribution >= 4 is 11.3 Å². The third-order valence-electron chi connectivity index (χ3n) is 13.8. The minimum Gasteiger partial charge on any atom is -1.00 e. The van der Waals surface area contributed by atoms with Gasteiger partial charge in [0.15, 0.2) is 0 Å². The van der Waals surface area contributed by atoms with Crippen LogP contribution in [0.25, 0.3) is 11.1 Å². The van der Waals surface area contributed by atoms with Crippen LogP contribution in [0.5, 0.6) is 0 Å². The van der Waals surface area contributed by atoms with Crippen LogP contribution < -0.4 is 24.8 Å². The summed E-state index contributed by atoms with van der Waals surface area (Å²) in [4.78, 5) is 0. The molecule has 4 aliphatic carbocycles. The Morgan fingerprint density at radius 1 is 0.611 bits per heavy atom. The molecule has 4 heteroatoms. The van der Waals surface area contributed by atoms with Gasteiger partial charge in [0.25, 0.3) is 0 Å². The fourth-order valence-electron chi connectivity index (χ4n) is 10.4. The molecule has 0 aromatic heterocycles. The van der Waals surface area contributed by atoms with E-state index in [0.29, 0.717) is 3.63 Å². The van der Waals surface area contributed by atoms with Gasteiger partial charge in [-0.3, -0.25) is 0 Å². The van der Waals surface area contributed by atoms with Gasteiger partial charge in [-0.1, -0.05) is 0 Å². The first-order valence-electron chi connectivity index (χ1n) is 20.0. The Labute approximate surface area is 348 Å². The number of halogens is 2. The molecule has 4 aromatic carbocycles. The van der Waals surface area contributed by atoms with E-state index < -0.39 is 29.3 Å². The zero-order valence-corrected chi connectivity index (χ0v) is 39.6. The molecule has 0 spiro atoms. The summed E-state index contributed by atoms with van der Waals surface area (Å²) in [6.45, 7) is 27.9. The van der Waals surface area contributed by atoms with Crippen molar-refractivity contribution in [3.63, 3.8) is 0 Å². The third kappa shape index (κ3) is 6.97. The topological polar surface area (TPSA) is 0 Å². The molecule has 0 bridgehead atoms. The van der Waals surface area contributed by atoms with Crippen LogP contribution >= 0.6 is 0 Å². The molecule has 0 nitrogen and oxygen atoms in total. The van der Waals surface area contributed by atoms with Gasteiger partial charge in [0.05, 0.1) is 0 Å². The molecule has 1 atom stereocenters. The van der Waals surface area contributed by atoms with Gasteiger partial charge < -0.3 is 24.8 Å². The quantitative estimate of drug-likeness (QED) is 0.163. The van der Waals surface area contributed by atoms with Crippen LogP contribution in [0, 0.1) is 0 Å². The van der Waals surface area contributed by atoms with Crippen LogP contribution in [0.1, 0.15) is 126 Å². The van der Waals surface area contributed by atoms with E-state index in [1.54, 1.807) is 41.8 Å². The molecule has 0 fully saturated rings. The van der Waals surface area contributed by atoms with Gasteiger partial charge in [0.1, 0.15) is 0 Å². The van der Waals surface area contributed by atoms with Crippen molar-refractivity contribution in [2.24, 2.45) is 0 Å². The molecule has 0 aliphatic heterocycles. The summed E-state index contributed by atoms with van der Waals surface area (Å²) in [6.07, 6.45) is 11.4. The van der Waals surface area contributed by atoms with Crippen molar-refractivity contribution in [1.82, 2.24) is 0 Å². The van der Waals surface area contributed by atoms with Crippen LogP contribution in [-0.4, -0.2) is 11.3 Å². The summed E-state index contributed by atoms with van der Waals surface area (Å²) in [7, 11) is -1.44. The molecular formula is C50H60Cl2SiZr. The number of allylic oxidation sites excluding steroid dienone is 4. The predicted octanol–water partition coefficient (Wildman–Crippen LogP) is 7.34. The molecular weight excluding hydrogens is 791 g/mol. The Morgan fingerprint density at radius 2 is 1.07 bits per heavy atom. The summed E-state index contributed by atoms with van der Waals surface area (Å²) in [6, 6.07) is 33.7. The maximum Gasteiger partial charge on any atom is -1.00 e. The SMILES string of the molecule is CC1(C)CCC(C)(C)c2cc3c(cc21)Cc1cc2c(cc1-3)C(C)(C)C[CH]([Zr+2]([C]1=CC([Si](C)(C)C)=CC1)=[C](c1ccccc1)c1ccccc1)C2(C)C.[Cl-].[Cl-]. The Kier molecular flexibility index (Phi) is 11.1. The van der Waals surface area contributed by atoms with Gasteiger partial charge in [-0.2, -0.15) is 0 Å². The standard InChI is InChI=1S/C29H37.C13H10.C8H13Si.2ClH.Zr/c1-26(2)9-11-28(5,6)24-16-20-18(14-22(24)26)13-19-15-23-25(17-21(19)20)29(7,8)12-10-27(23,3)4;1-3-7-12(8-4-1)11-13-9-5-2-6-10-13;1-9(2,3)8-6-4-5-7-8;;;/h9,14-17H,10-13H2,1-8H3;1-10H;6-7H,4H2,1-3H3;2*1H;/q;;;;;+2/p-2. The summed E-state index contributed by atoms with van der Waals surface area (Å²) >= 11 is -2.66. The molecule has 54 heavy (non-hydrogen) atoms. The van der Waals surface area contributed by atoms with E-state index >= 15 is 0 Å². The molecule has 1 unspecified atom stereocenters. The Hall–Kier alpha value is -2.09. The first-order valence-corrected chi connectivity index (χ1v) is 27.4. The largest absolute Gasteiger partial charge is 1.00 e. The van der Waals surface area contributed by atoms with Crippen molar-refractivity contribution in [1.29, 1.82) is 0 Å². The molecule has 0 radical (unpaired) electrons. The zero-order valence-electron chi connectivity index (χ0n) is 34.6.